The predicted octanol–water partition coefficient (Wildman–Crippen LogP) is 7.92. The van der Waals surface area contributed by atoms with Crippen molar-refractivity contribution in [3.8, 4) is 22.8 Å². The van der Waals surface area contributed by atoms with Crippen molar-refractivity contribution < 1.29 is 42.9 Å². The third kappa shape index (κ3) is 24.0. The molecule has 1 aliphatic heterocycles. The number of thiazole rings is 1. The highest BCUT2D eigenvalue weighted by Crippen LogP contribution is 2.38. The van der Waals surface area contributed by atoms with Crippen molar-refractivity contribution >= 4 is 46.3 Å². The Labute approximate surface area is 521 Å². The van der Waals surface area contributed by atoms with E-state index in [1.165, 1.54) is 37.5 Å². The van der Waals surface area contributed by atoms with E-state index in [2.05, 4.69) is 90.4 Å². The molecule has 4 amide bonds. The monoisotopic (exact) mass is 1230 g/mol. The van der Waals surface area contributed by atoms with Gasteiger partial charge in [0.2, 0.25) is 11.8 Å². The Morgan fingerprint density at radius 3 is 2.19 bits per heavy atom. The highest BCUT2D eigenvalue weighted by molar-refractivity contribution is 7.14. The molecule has 0 spiro atoms. The number of nitrogens with one attached hydrogen (secondary N) is 4. The number of piperazine rings is 1. The molecule has 2 aliphatic rings. The maximum absolute atomic E-state index is 14.2. The Bertz CT molecular complexity index is 3060. The Balaban J connectivity index is 0.00000127. The van der Waals surface area contributed by atoms with Crippen LogP contribution in [0.15, 0.2) is 134 Å². The van der Waals surface area contributed by atoms with Gasteiger partial charge in [0, 0.05) is 87.4 Å². The smallest absolute Gasteiger partial charge is 0.325 e. The zero-order valence-corrected chi connectivity index (χ0v) is 52.0. The van der Waals surface area contributed by atoms with Crippen molar-refractivity contribution in [3.05, 3.63) is 156 Å². The second-order valence-corrected chi connectivity index (χ2v) is 22.4. The van der Waals surface area contributed by atoms with Gasteiger partial charge in [-0.2, -0.15) is 5.10 Å². The number of aryl methyl sites for hydroxylation is 1. The fourth-order valence-corrected chi connectivity index (χ4v) is 10.0. The van der Waals surface area contributed by atoms with Crippen molar-refractivity contribution in [3.63, 3.8) is 0 Å². The summed E-state index contributed by atoms with van der Waals surface area (Å²) in [5.74, 6) is 1.07. The molecule has 22 nitrogen and oxygen atoms in total. The maximum atomic E-state index is 14.2. The van der Waals surface area contributed by atoms with Crippen LogP contribution in [0.2, 0.25) is 0 Å². The lowest BCUT2D eigenvalue weighted by Gasteiger charge is -2.31. The summed E-state index contributed by atoms with van der Waals surface area (Å²) in [6.45, 7) is 19.1. The number of amides is 4. The van der Waals surface area contributed by atoms with Gasteiger partial charge in [0.15, 0.2) is 5.13 Å². The maximum Gasteiger partial charge on any atom is 0.325 e. The molecule has 1 atom stereocenters. The number of benzene rings is 3. The van der Waals surface area contributed by atoms with E-state index < -0.39 is 12.1 Å². The van der Waals surface area contributed by atoms with Crippen LogP contribution in [-0.2, 0) is 54.4 Å². The molecule has 0 radical (unpaired) electrons. The number of aromatic nitrogens is 6. The van der Waals surface area contributed by atoms with Crippen LogP contribution in [0, 0.1) is 0 Å². The van der Waals surface area contributed by atoms with Crippen molar-refractivity contribution in [2.45, 2.75) is 70.0 Å². The summed E-state index contributed by atoms with van der Waals surface area (Å²) >= 11 is 1.25. The average molecular weight is 1230 g/mol. The Hall–Kier alpha value is -7.90. The van der Waals surface area contributed by atoms with Gasteiger partial charge < -0.3 is 58.7 Å². The molecule has 3 aromatic heterocycles. The number of hydrogen-bond donors (Lipinski definition) is 4. The highest BCUT2D eigenvalue weighted by Gasteiger charge is 2.42. The second kappa shape index (κ2) is 37.7. The first-order valence-electron chi connectivity index (χ1n) is 30.2. The van der Waals surface area contributed by atoms with Gasteiger partial charge >= 0.3 is 6.03 Å². The normalized spacial score (nSPS) is 13.9. The number of allylic oxidation sites excluding steroid dienone is 2. The SMILES string of the molecule is C=C/C=C(\C=C)CNC(=O)C(c1cn[nH]c1-c1ccccc1)N(C(=O)CCc1ccc(OCCCCN(C)CCOCCOCCc2cn(CCOCCOc3ccc(NC(=O)Nc4nc(CC=O)cs4)cc3)nn2)cc1)C1CC1.CN1CCN(C)CC1. The molecule has 88 heavy (non-hydrogen) atoms. The van der Waals surface area contributed by atoms with Crippen LogP contribution in [0.4, 0.5) is 15.6 Å². The molecule has 1 unspecified atom stereocenters. The lowest BCUT2D eigenvalue weighted by atomic mass is 9.99. The summed E-state index contributed by atoms with van der Waals surface area (Å²) in [6.07, 6.45) is 14.7. The largest absolute Gasteiger partial charge is 0.494 e. The zero-order valence-electron chi connectivity index (χ0n) is 51.2. The molecule has 8 rings (SSSR count). The molecule has 3 aromatic carbocycles. The van der Waals surface area contributed by atoms with E-state index in [-0.39, 0.29) is 37.2 Å². The van der Waals surface area contributed by atoms with Gasteiger partial charge in [-0.1, -0.05) is 79.1 Å². The fourth-order valence-electron chi connectivity index (χ4n) is 9.33. The topological polar surface area (TPSA) is 236 Å². The van der Waals surface area contributed by atoms with E-state index in [9.17, 15) is 19.2 Å². The van der Waals surface area contributed by atoms with E-state index in [0.717, 1.165) is 73.2 Å². The van der Waals surface area contributed by atoms with E-state index in [1.54, 1.807) is 63.7 Å². The van der Waals surface area contributed by atoms with E-state index in [4.69, 9.17) is 23.7 Å². The number of rotatable bonds is 38. The molecule has 6 aromatic rings. The molecular formula is C65H87N13O9S. The van der Waals surface area contributed by atoms with Crippen LogP contribution >= 0.6 is 11.3 Å². The van der Waals surface area contributed by atoms with Crippen LogP contribution in [0.25, 0.3) is 11.3 Å². The summed E-state index contributed by atoms with van der Waals surface area (Å²) in [4.78, 5) is 64.2. The fraction of sp³-hybridized carbons (Fsp3) is 0.446. The van der Waals surface area contributed by atoms with Gasteiger partial charge in [-0.25, -0.2) is 14.5 Å². The minimum Gasteiger partial charge on any atom is -0.494 e. The lowest BCUT2D eigenvalue weighted by molar-refractivity contribution is -0.141. The molecule has 2 fully saturated rings. The van der Waals surface area contributed by atoms with Crippen molar-refractivity contribution in [2.75, 3.05) is 130 Å². The first kappa shape index (κ1) is 67.6. The number of unbranched alkanes of at least 4 members (excludes halogenated alkanes) is 1. The number of ether oxygens (including phenoxy) is 5. The van der Waals surface area contributed by atoms with Gasteiger partial charge in [0.25, 0.3) is 0 Å². The number of carbonyl (C=O) groups excluding carboxylic acids is 4. The number of carbonyl (C=O) groups is 4. The standard InChI is InChI=1S/C59H73N11O9S.C6H14N2/c1-4-11-44(5-2)40-60-57(73)56(53-41-61-66-55(53)46-12-7-6-8-13-46)70(50-19-20-50)54(72)25-16-45-14-21-51(22-15-45)78-32-10-9-28-68(3)29-34-76-37-36-75-33-27-48-42-69(67-65-48)30-35-77-38-39-79-52-23-17-47(18-24-52)62-58(74)64-59-63-49(26-31-71)43-80-59;1-7-3-5-8(2)6-4-7/h4-8,11-15,17-18,21-24,31,41-43,50,56H,1-2,9-10,16,19-20,25-30,32-40H2,3H3,(H,60,73)(H,61,66)(H2,62,63,64,74);3-6H2,1-2H3/b44-11+;. The minimum atomic E-state index is -0.870. The number of hydrogen-bond acceptors (Lipinski definition) is 17. The highest BCUT2D eigenvalue weighted by atomic mass is 32.1. The molecule has 1 saturated carbocycles. The molecule has 4 N–H and O–H groups in total. The number of anilines is 2. The molecule has 23 heteroatoms. The number of aldehydes is 1. The lowest BCUT2D eigenvalue weighted by Crippen LogP contribution is -2.45. The van der Waals surface area contributed by atoms with Gasteiger partial charge in [-0.05, 0) is 113 Å². The molecule has 1 aliphatic carbocycles. The molecule has 1 saturated heterocycles. The number of H-pyrrole nitrogens is 1. The zero-order chi connectivity index (χ0) is 62.1. The number of nitrogens with zero attached hydrogens (tertiary/aromatic N) is 9. The Morgan fingerprint density at radius 2 is 1.49 bits per heavy atom. The van der Waals surface area contributed by atoms with Gasteiger partial charge in [0.05, 0.1) is 76.1 Å². The van der Waals surface area contributed by atoms with Gasteiger partial charge in [0.1, 0.15) is 30.4 Å². The summed E-state index contributed by atoms with van der Waals surface area (Å²) < 4.78 is 30.9. The van der Waals surface area contributed by atoms with Gasteiger partial charge in [-0.15, -0.1) is 16.4 Å². The van der Waals surface area contributed by atoms with Crippen LogP contribution < -0.4 is 25.4 Å². The van der Waals surface area contributed by atoms with Crippen LogP contribution in [0.1, 0.15) is 60.7 Å². The van der Waals surface area contributed by atoms with E-state index in [0.29, 0.717) is 106 Å². The summed E-state index contributed by atoms with van der Waals surface area (Å²) in [5.41, 5.74) is 6.11. The summed E-state index contributed by atoms with van der Waals surface area (Å²) in [5, 5.41) is 26.4. The van der Waals surface area contributed by atoms with Crippen LogP contribution in [0.3, 0.4) is 0 Å². The second-order valence-electron chi connectivity index (χ2n) is 21.5. The number of aromatic amines is 1. The first-order valence-corrected chi connectivity index (χ1v) is 31.1. The average Bonchev–Trinajstić information content (AvgIpc) is 2.34. The molecular weight excluding hydrogens is 1140 g/mol. The number of likely N-dealkylation sites (N-methyl/N-ethyl adjacent to an activating group) is 3. The Morgan fingerprint density at radius 1 is 0.795 bits per heavy atom. The number of urea groups is 1. The molecule has 0 bridgehead atoms. The quantitative estimate of drug-likeness (QED) is 0.0164. The van der Waals surface area contributed by atoms with Crippen LogP contribution in [0.5, 0.6) is 11.5 Å². The van der Waals surface area contributed by atoms with Crippen molar-refractivity contribution in [1.82, 2.24) is 55.1 Å². The Kier molecular flexibility index (Phi) is 29.0. The first-order chi connectivity index (χ1) is 43.0. The summed E-state index contributed by atoms with van der Waals surface area (Å²) in [7, 11) is 6.44. The predicted molar refractivity (Wildman–Crippen MR) is 343 cm³/mol. The van der Waals surface area contributed by atoms with Gasteiger partial charge in [-0.3, -0.25) is 20.0 Å². The van der Waals surface area contributed by atoms with Crippen molar-refractivity contribution in [1.29, 1.82) is 0 Å². The minimum absolute atomic E-state index is 0.0363. The van der Waals surface area contributed by atoms with E-state index >= 15 is 0 Å². The van der Waals surface area contributed by atoms with Crippen LogP contribution in [-0.4, -0.2) is 200 Å². The third-order valence-electron chi connectivity index (χ3n) is 14.5. The van der Waals surface area contributed by atoms with E-state index in [1.807, 2.05) is 60.8 Å². The molecule has 4 heterocycles. The van der Waals surface area contributed by atoms with Crippen molar-refractivity contribution in [2.24, 2.45) is 0 Å². The summed E-state index contributed by atoms with van der Waals surface area (Å²) in [6, 6.07) is 23.3. The third-order valence-corrected chi connectivity index (χ3v) is 15.3. The molecule has 472 valence electrons.